The molecule has 146 valence electrons. The van der Waals surface area contributed by atoms with E-state index < -0.39 is 16.1 Å². The Morgan fingerprint density at radius 2 is 1.67 bits per heavy atom. The average molecular weight is 390 g/mol. The van der Waals surface area contributed by atoms with Gasteiger partial charge in [-0.3, -0.25) is 4.79 Å². The lowest BCUT2D eigenvalue weighted by molar-refractivity contribution is -0.114. The smallest absolute Gasteiger partial charge is 0.304 e. The van der Waals surface area contributed by atoms with Crippen molar-refractivity contribution in [3.8, 4) is 0 Å². The average Bonchev–Trinajstić information content (AvgIpc) is 2.62. The third-order valence-electron chi connectivity index (χ3n) is 4.31. The molecule has 0 aromatic heterocycles. The topological polar surface area (TPSA) is 69.7 Å². The molecule has 0 heterocycles. The number of rotatable bonds is 7. The van der Waals surface area contributed by atoms with Gasteiger partial charge in [0.2, 0.25) is 5.91 Å². The maximum atomic E-state index is 12.8. The first-order valence-corrected chi connectivity index (χ1v) is 10.2. The van der Waals surface area contributed by atoms with Gasteiger partial charge in [-0.15, -0.1) is 0 Å². The van der Waals surface area contributed by atoms with Crippen LogP contribution in [-0.2, 0) is 21.4 Å². The third kappa shape index (κ3) is 5.08. The molecule has 2 rings (SSSR count). The highest BCUT2D eigenvalue weighted by Gasteiger charge is 2.28. The molecule has 0 saturated carbocycles. The van der Waals surface area contributed by atoms with Crippen LogP contribution in [0.3, 0.4) is 0 Å². The zero-order valence-electron chi connectivity index (χ0n) is 16.5. The molecule has 27 heavy (non-hydrogen) atoms. The number of nitrogens with one attached hydrogen (secondary N) is 1. The molecule has 2 aromatic carbocycles. The number of hydrogen-bond acceptors (Lipinski definition) is 3. The minimum absolute atomic E-state index is 0.305. The van der Waals surface area contributed by atoms with E-state index in [1.165, 1.54) is 19.7 Å². The van der Waals surface area contributed by atoms with Gasteiger partial charge in [0.05, 0.1) is 5.69 Å². The van der Waals surface area contributed by atoms with E-state index >= 15 is 0 Å². The van der Waals surface area contributed by atoms with Crippen LogP contribution >= 0.6 is 0 Å². The second-order valence-electron chi connectivity index (χ2n) is 6.69. The minimum Gasteiger partial charge on any atom is -0.325 e. The molecule has 0 spiro atoms. The van der Waals surface area contributed by atoms with Crippen molar-refractivity contribution in [1.29, 1.82) is 0 Å². The molecule has 0 unspecified atom stereocenters. The van der Waals surface area contributed by atoms with Crippen molar-refractivity contribution in [3.63, 3.8) is 0 Å². The molecule has 0 bridgehead atoms. The van der Waals surface area contributed by atoms with Gasteiger partial charge in [-0.05, 0) is 55.2 Å². The Balaban J connectivity index is 2.31. The van der Waals surface area contributed by atoms with E-state index in [4.69, 9.17) is 0 Å². The fraction of sp³-hybridized carbons (Fsp3) is 0.350. The summed E-state index contributed by atoms with van der Waals surface area (Å²) >= 11 is 0. The van der Waals surface area contributed by atoms with Gasteiger partial charge < -0.3 is 5.32 Å². The number of hydrogen-bond donors (Lipinski definition) is 1. The first-order valence-electron chi connectivity index (χ1n) is 8.81. The lowest BCUT2D eigenvalue weighted by Gasteiger charge is -2.28. The Kier molecular flexibility index (Phi) is 6.62. The summed E-state index contributed by atoms with van der Waals surface area (Å²) in [5, 5.41) is 2.77. The summed E-state index contributed by atoms with van der Waals surface area (Å²) in [6.07, 6.45) is 0.912. The Bertz CT molecular complexity index is 907. The van der Waals surface area contributed by atoms with E-state index in [9.17, 15) is 13.2 Å². The highest BCUT2D eigenvalue weighted by atomic mass is 32.2. The highest BCUT2D eigenvalue weighted by Crippen LogP contribution is 2.25. The van der Waals surface area contributed by atoms with Gasteiger partial charge in [0.25, 0.3) is 0 Å². The zero-order chi connectivity index (χ0) is 20.2. The SMILES string of the molecule is CCc1ccc(NC(=O)CN(c2cc(C)ccc2C)S(=O)(=O)N(C)C)cc1. The lowest BCUT2D eigenvalue weighted by atomic mass is 10.1. The molecule has 0 aliphatic rings. The Morgan fingerprint density at radius 1 is 1.04 bits per heavy atom. The molecule has 2 aromatic rings. The van der Waals surface area contributed by atoms with Crippen LogP contribution in [0.15, 0.2) is 42.5 Å². The third-order valence-corrected chi connectivity index (χ3v) is 6.11. The van der Waals surface area contributed by atoms with Crippen molar-refractivity contribution < 1.29 is 13.2 Å². The summed E-state index contributed by atoms with van der Waals surface area (Å²) in [6.45, 7) is 5.47. The minimum atomic E-state index is -3.82. The van der Waals surface area contributed by atoms with Gasteiger partial charge in [0, 0.05) is 19.8 Å². The van der Waals surface area contributed by atoms with E-state index in [1.54, 1.807) is 6.07 Å². The molecule has 0 fully saturated rings. The molecule has 0 aliphatic heterocycles. The fourth-order valence-corrected chi connectivity index (χ4v) is 3.75. The van der Waals surface area contributed by atoms with E-state index in [1.807, 2.05) is 50.2 Å². The normalized spacial score (nSPS) is 11.5. The highest BCUT2D eigenvalue weighted by molar-refractivity contribution is 7.90. The number of benzene rings is 2. The zero-order valence-corrected chi connectivity index (χ0v) is 17.3. The van der Waals surface area contributed by atoms with Crippen LogP contribution in [0.4, 0.5) is 11.4 Å². The molecule has 6 nitrogen and oxygen atoms in total. The summed E-state index contributed by atoms with van der Waals surface area (Å²) in [6, 6.07) is 13.1. The quantitative estimate of drug-likeness (QED) is 0.791. The number of aryl methyl sites for hydroxylation is 3. The van der Waals surface area contributed by atoms with Gasteiger partial charge in [-0.1, -0.05) is 31.2 Å². The van der Waals surface area contributed by atoms with Crippen molar-refractivity contribution in [2.45, 2.75) is 27.2 Å². The van der Waals surface area contributed by atoms with E-state index in [2.05, 4.69) is 12.2 Å². The number of nitrogens with zero attached hydrogens (tertiary/aromatic N) is 2. The van der Waals surface area contributed by atoms with E-state index in [0.29, 0.717) is 11.4 Å². The van der Waals surface area contributed by atoms with Crippen LogP contribution in [0, 0.1) is 13.8 Å². The summed E-state index contributed by atoms with van der Waals surface area (Å²) in [7, 11) is -0.917. The lowest BCUT2D eigenvalue weighted by Crippen LogP contribution is -2.44. The van der Waals surface area contributed by atoms with Crippen LogP contribution < -0.4 is 9.62 Å². The molecule has 1 amide bonds. The number of carbonyl (C=O) groups is 1. The second-order valence-corrected chi connectivity index (χ2v) is 8.75. The van der Waals surface area contributed by atoms with Crippen LogP contribution in [0.25, 0.3) is 0 Å². The van der Waals surface area contributed by atoms with Crippen molar-refractivity contribution in [1.82, 2.24) is 4.31 Å². The summed E-state index contributed by atoms with van der Waals surface area (Å²) in [4.78, 5) is 12.6. The first-order chi connectivity index (χ1) is 12.6. The molecule has 0 aliphatic carbocycles. The Labute approximate surface area is 162 Å². The number of amides is 1. The maximum absolute atomic E-state index is 12.8. The first kappa shape index (κ1) is 20.9. The van der Waals surface area contributed by atoms with Crippen molar-refractivity contribution >= 4 is 27.5 Å². The van der Waals surface area contributed by atoms with Crippen LogP contribution in [0.5, 0.6) is 0 Å². The summed E-state index contributed by atoms with van der Waals surface area (Å²) in [5.41, 5.74) is 4.01. The van der Waals surface area contributed by atoms with Gasteiger partial charge in [0.15, 0.2) is 0 Å². The van der Waals surface area contributed by atoms with Gasteiger partial charge in [-0.2, -0.15) is 12.7 Å². The molecular weight excluding hydrogens is 362 g/mol. The molecular formula is C20H27N3O3S. The molecule has 1 N–H and O–H groups in total. The van der Waals surface area contributed by atoms with Crippen LogP contribution in [0.1, 0.15) is 23.6 Å². The number of anilines is 2. The van der Waals surface area contributed by atoms with E-state index in [-0.39, 0.29) is 6.54 Å². The van der Waals surface area contributed by atoms with Gasteiger partial charge in [-0.25, -0.2) is 4.31 Å². The summed E-state index contributed by atoms with van der Waals surface area (Å²) in [5.74, 6) is -0.398. The molecule has 0 saturated heterocycles. The monoisotopic (exact) mass is 389 g/mol. The van der Waals surface area contributed by atoms with E-state index in [0.717, 1.165) is 26.2 Å². The Morgan fingerprint density at radius 3 is 2.22 bits per heavy atom. The predicted molar refractivity (Wildman–Crippen MR) is 110 cm³/mol. The largest absolute Gasteiger partial charge is 0.325 e. The van der Waals surface area contributed by atoms with Crippen molar-refractivity contribution in [2.24, 2.45) is 0 Å². The van der Waals surface area contributed by atoms with Crippen LogP contribution in [-0.4, -0.2) is 39.3 Å². The fourth-order valence-electron chi connectivity index (χ4n) is 2.63. The van der Waals surface area contributed by atoms with Crippen LogP contribution in [0.2, 0.25) is 0 Å². The summed E-state index contributed by atoms with van der Waals surface area (Å²) < 4.78 is 27.9. The standard InChI is InChI=1S/C20H27N3O3S/c1-6-17-9-11-18(12-10-17)21-20(24)14-23(27(25,26)22(4)5)19-13-15(2)7-8-16(19)3/h7-13H,6,14H2,1-5H3,(H,21,24). The van der Waals surface area contributed by atoms with Gasteiger partial charge in [0.1, 0.15) is 6.54 Å². The van der Waals surface area contributed by atoms with Crippen molar-refractivity contribution in [3.05, 3.63) is 59.2 Å². The van der Waals surface area contributed by atoms with Gasteiger partial charge >= 0.3 is 10.2 Å². The second kappa shape index (κ2) is 8.54. The number of carbonyl (C=O) groups excluding carboxylic acids is 1. The molecule has 0 radical (unpaired) electrons. The predicted octanol–water partition coefficient (Wildman–Crippen LogP) is 3.12. The molecule has 7 heteroatoms. The Hall–Kier alpha value is -2.38. The maximum Gasteiger partial charge on any atom is 0.304 e. The molecule has 0 atom stereocenters. The van der Waals surface area contributed by atoms with Crippen molar-refractivity contribution in [2.75, 3.05) is 30.3 Å².